The molecule has 0 radical (unpaired) electrons. The molecular formula is C26H36. The van der Waals surface area contributed by atoms with E-state index in [9.17, 15) is 0 Å². The van der Waals surface area contributed by atoms with E-state index in [2.05, 4.69) is 89.2 Å². The predicted octanol–water partition coefficient (Wildman–Crippen LogP) is 7.59. The third-order valence-electron chi connectivity index (χ3n) is 7.37. The highest BCUT2D eigenvalue weighted by atomic mass is 14.5. The van der Waals surface area contributed by atoms with Crippen molar-refractivity contribution in [1.29, 1.82) is 0 Å². The highest BCUT2D eigenvalue weighted by Gasteiger charge is 2.48. The first-order valence-corrected chi connectivity index (χ1v) is 10.4. The maximum absolute atomic E-state index is 2.56. The molecule has 0 bridgehead atoms. The van der Waals surface area contributed by atoms with Gasteiger partial charge in [-0.3, -0.25) is 0 Å². The lowest BCUT2D eigenvalue weighted by molar-refractivity contribution is 0.0698. The van der Waals surface area contributed by atoms with Gasteiger partial charge in [-0.2, -0.15) is 0 Å². The normalized spacial score (nSPS) is 19.7. The number of aryl methyl sites for hydroxylation is 1. The molecule has 1 saturated carbocycles. The highest BCUT2D eigenvalue weighted by Crippen LogP contribution is 2.56. The standard InChI is InChI=1S/C26H36/c1-21-14-10-11-17-23(21)24(2,3)20-26(5,22-15-8-6-9-16-22)25(4)18-12-7-13-19-25/h6,8-11,14-17H,7,12-13,18-20H2,1-5H3/t26-/m1/s1. The second-order valence-electron chi connectivity index (χ2n) is 9.70. The van der Waals surface area contributed by atoms with Crippen LogP contribution in [-0.2, 0) is 10.8 Å². The van der Waals surface area contributed by atoms with Crippen LogP contribution in [0, 0.1) is 12.3 Å². The Hall–Kier alpha value is -1.56. The Morgan fingerprint density at radius 2 is 1.38 bits per heavy atom. The predicted molar refractivity (Wildman–Crippen MR) is 114 cm³/mol. The summed E-state index contributed by atoms with van der Waals surface area (Å²) in [5.41, 5.74) is 5.14. The molecule has 1 aliphatic carbocycles. The summed E-state index contributed by atoms with van der Waals surface area (Å²) in [5.74, 6) is 0. The van der Waals surface area contributed by atoms with Gasteiger partial charge >= 0.3 is 0 Å². The van der Waals surface area contributed by atoms with Gasteiger partial charge in [-0.25, -0.2) is 0 Å². The summed E-state index contributed by atoms with van der Waals surface area (Å²) >= 11 is 0. The zero-order valence-corrected chi connectivity index (χ0v) is 17.4. The number of hydrogen-bond acceptors (Lipinski definition) is 0. The fourth-order valence-corrected chi connectivity index (χ4v) is 5.67. The lowest BCUT2D eigenvalue weighted by atomic mass is 9.51. The van der Waals surface area contributed by atoms with Crippen molar-refractivity contribution in [2.45, 2.75) is 84.0 Å². The Morgan fingerprint density at radius 1 is 0.808 bits per heavy atom. The van der Waals surface area contributed by atoms with Crippen molar-refractivity contribution in [3.8, 4) is 0 Å². The zero-order chi connectivity index (χ0) is 18.8. The second kappa shape index (κ2) is 7.22. The van der Waals surface area contributed by atoms with E-state index in [1.165, 1.54) is 55.2 Å². The van der Waals surface area contributed by atoms with E-state index in [4.69, 9.17) is 0 Å². The van der Waals surface area contributed by atoms with Crippen LogP contribution in [0.15, 0.2) is 54.6 Å². The summed E-state index contributed by atoms with van der Waals surface area (Å²) in [5, 5.41) is 0. The van der Waals surface area contributed by atoms with Gasteiger partial charge in [0.15, 0.2) is 0 Å². The fourth-order valence-electron chi connectivity index (χ4n) is 5.67. The molecule has 0 aliphatic heterocycles. The quantitative estimate of drug-likeness (QED) is 0.522. The SMILES string of the molecule is Cc1ccccc1C(C)(C)C[C@](C)(c1ccccc1)C1(C)CCCCC1. The molecule has 140 valence electrons. The maximum Gasteiger partial charge on any atom is -0.00133 e. The van der Waals surface area contributed by atoms with Crippen molar-refractivity contribution >= 4 is 0 Å². The Morgan fingerprint density at radius 3 is 2.00 bits per heavy atom. The molecule has 1 fully saturated rings. The van der Waals surface area contributed by atoms with Gasteiger partial charge in [0, 0.05) is 0 Å². The largest absolute Gasteiger partial charge is 0.0622 e. The smallest absolute Gasteiger partial charge is 0.00133 e. The first-order chi connectivity index (χ1) is 12.3. The van der Waals surface area contributed by atoms with Gasteiger partial charge in [0.1, 0.15) is 0 Å². The molecule has 0 amide bonds. The molecule has 1 atom stereocenters. The van der Waals surface area contributed by atoms with Crippen LogP contribution in [0.4, 0.5) is 0 Å². The first kappa shape index (κ1) is 19.2. The van der Waals surface area contributed by atoms with Crippen LogP contribution in [0.1, 0.15) is 82.9 Å². The summed E-state index contributed by atoms with van der Waals surface area (Å²) in [4.78, 5) is 0. The summed E-state index contributed by atoms with van der Waals surface area (Å²) < 4.78 is 0. The molecule has 0 N–H and O–H groups in total. The van der Waals surface area contributed by atoms with Gasteiger partial charge in [-0.1, -0.05) is 102 Å². The molecule has 0 aromatic heterocycles. The minimum absolute atomic E-state index is 0.149. The molecule has 26 heavy (non-hydrogen) atoms. The van der Waals surface area contributed by atoms with E-state index >= 15 is 0 Å². The van der Waals surface area contributed by atoms with E-state index in [0.29, 0.717) is 5.41 Å². The zero-order valence-electron chi connectivity index (χ0n) is 17.4. The van der Waals surface area contributed by atoms with Gasteiger partial charge in [-0.05, 0) is 59.1 Å². The van der Waals surface area contributed by atoms with Crippen LogP contribution in [0.3, 0.4) is 0 Å². The van der Waals surface area contributed by atoms with Gasteiger partial charge in [-0.15, -0.1) is 0 Å². The van der Waals surface area contributed by atoms with E-state index in [0.717, 1.165) is 0 Å². The first-order valence-electron chi connectivity index (χ1n) is 10.4. The number of rotatable bonds is 5. The lowest BCUT2D eigenvalue weighted by Crippen LogP contribution is -2.46. The summed E-state index contributed by atoms with van der Waals surface area (Å²) in [6.07, 6.45) is 8.05. The van der Waals surface area contributed by atoms with E-state index < -0.39 is 0 Å². The number of benzene rings is 2. The van der Waals surface area contributed by atoms with Crippen LogP contribution < -0.4 is 0 Å². The highest BCUT2D eigenvalue weighted by molar-refractivity contribution is 5.36. The average Bonchev–Trinajstić information content (AvgIpc) is 2.63. The van der Waals surface area contributed by atoms with Crippen LogP contribution in [0.25, 0.3) is 0 Å². The summed E-state index contributed by atoms with van der Waals surface area (Å²) in [7, 11) is 0. The molecule has 0 nitrogen and oxygen atoms in total. The molecule has 0 heteroatoms. The average molecular weight is 349 g/mol. The third kappa shape index (κ3) is 3.48. The number of hydrogen-bond donors (Lipinski definition) is 0. The van der Waals surface area contributed by atoms with Crippen molar-refractivity contribution in [2.24, 2.45) is 5.41 Å². The van der Waals surface area contributed by atoms with Crippen molar-refractivity contribution in [3.63, 3.8) is 0 Å². The minimum atomic E-state index is 0.149. The van der Waals surface area contributed by atoms with Crippen molar-refractivity contribution < 1.29 is 0 Å². The van der Waals surface area contributed by atoms with E-state index in [1.54, 1.807) is 0 Å². The van der Waals surface area contributed by atoms with E-state index in [-0.39, 0.29) is 10.8 Å². The molecule has 1 aliphatic rings. The maximum atomic E-state index is 2.56. The van der Waals surface area contributed by atoms with Gasteiger partial charge in [0.2, 0.25) is 0 Å². The topological polar surface area (TPSA) is 0 Å². The van der Waals surface area contributed by atoms with Crippen molar-refractivity contribution in [3.05, 3.63) is 71.3 Å². The molecule has 2 aromatic rings. The molecule has 0 unspecified atom stereocenters. The van der Waals surface area contributed by atoms with Crippen LogP contribution in [-0.4, -0.2) is 0 Å². The van der Waals surface area contributed by atoms with Crippen LogP contribution in [0.5, 0.6) is 0 Å². The molecule has 0 spiro atoms. The molecule has 0 heterocycles. The van der Waals surface area contributed by atoms with Crippen molar-refractivity contribution in [1.82, 2.24) is 0 Å². The van der Waals surface area contributed by atoms with Gasteiger partial charge in [0.25, 0.3) is 0 Å². The van der Waals surface area contributed by atoms with Gasteiger partial charge in [0.05, 0.1) is 0 Å². The van der Waals surface area contributed by atoms with Crippen LogP contribution >= 0.6 is 0 Å². The Labute approximate surface area is 161 Å². The second-order valence-corrected chi connectivity index (χ2v) is 9.70. The Balaban J connectivity index is 2.06. The molecule has 2 aromatic carbocycles. The summed E-state index contributed by atoms with van der Waals surface area (Å²) in [6.45, 7) is 12.3. The molecule has 0 saturated heterocycles. The minimum Gasteiger partial charge on any atom is -0.0622 e. The Bertz CT molecular complexity index is 719. The monoisotopic (exact) mass is 348 g/mol. The Kier molecular flexibility index (Phi) is 5.33. The van der Waals surface area contributed by atoms with Crippen molar-refractivity contribution in [2.75, 3.05) is 0 Å². The molecular weight excluding hydrogens is 312 g/mol. The van der Waals surface area contributed by atoms with Crippen LogP contribution in [0.2, 0.25) is 0 Å². The van der Waals surface area contributed by atoms with E-state index in [1.807, 2.05) is 0 Å². The fraction of sp³-hybridized carbons (Fsp3) is 0.538. The lowest BCUT2D eigenvalue weighted by Gasteiger charge is -2.53. The summed E-state index contributed by atoms with van der Waals surface area (Å²) in [6, 6.07) is 20.3. The third-order valence-corrected chi connectivity index (χ3v) is 7.37. The van der Waals surface area contributed by atoms with Gasteiger partial charge < -0.3 is 0 Å². The molecule has 3 rings (SSSR count).